The fourth-order valence-electron chi connectivity index (χ4n) is 1.92. The number of carbonyl (C=O) groups is 1. The smallest absolute Gasteiger partial charge is 0.358 e. The molecule has 0 aliphatic rings. The van der Waals surface area contributed by atoms with Gasteiger partial charge in [0.2, 0.25) is 0 Å². The lowest BCUT2D eigenvalue weighted by molar-refractivity contribution is 0.0691. The number of pyridine rings is 1. The molecular weight excluding hydrogens is 272 g/mol. The molecule has 0 radical (unpaired) electrons. The normalized spacial score (nSPS) is 10.5. The summed E-state index contributed by atoms with van der Waals surface area (Å²) in [5, 5.41) is 16.9. The van der Waals surface area contributed by atoms with Crippen LogP contribution in [0.4, 0.5) is 0 Å². The third kappa shape index (κ3) is 2.59. The van der Waals surface area contributed by atoms with Crippen LogP contribution in [-0.4, -0.2) is 41.0 Å². The summed E-state index contributed by atoms with van der Waals surface area (Å²) < 4.78 is 1.48. The van der Waals surface area contributed by atoms with Crippen LogP contribution >= 0.6 is 0 Å². The number of carboxylic acids is 1. The molecule has 0 saturated carbocycles. The molecule has 0 aliphatic carbocycles. The van der Waals surface area contributed by atoms with Crippen molar-refractivity contribution >= 4 is 5.97 Å². The molecule has 3 heterocycles. The first-order valence-electron chi connectivity index (χ1n) is 6.08. The molecule has 8 nitrogen and oxygen atoms in total. The van der Waals surface area contributed by atoms with E-state index in [4.69, 9.17) is 0 Å². The molecule has 1 N–H and O–H groups in total. The second kappa shape index (κ2) is 5.45. The first-order valence-corrected chi connectivity index (χ1v) is 6.08. The minimum absolute atomic E-state index is 0.119. The maximum Gasteiger partial charge on any atom is 0.358 e. The van der Waals surface area contributed by atoms with Crippen molar-refractivity contribution in [2.75, 3.05) is 0 Å². The van der Waals surface area contributed by atoms with E-state index in [-0.39, 0.29) is 12.2 Å². The fraction of sp³-hybridized carbons (Fsp3) is 0.0769. The first kappa shape index (κ1) is 12.9. The fourth-order valence-corrected chi connectivity index (χ4v) is 1.92. The Balaban J connectivity index is 2.07. The number of carboxylic acid groups (broad SMARTS) is 1. The third-order valence-electron chi connectivity index (χ3n) is 2.80. The van der Waals surface area contributed by atoms with E-state index in [1.807, 2.05) is 0 Å². The third-order valence-corrected chi connectivity index (χ3v) is 2.80. The highest BCUT2D eigenvalue weighted by Crippen LogP contribution is 2.21. The lowest BCUT2D eigenvalue weighted by atomic mass is 10.1. The Morgan fingerprint density at radius 2 is 2.05 bits per heavy atom. The van der Waals surface area contributed by atoms with Gasteiger partial charge in [-0.05, 0) is 12.1 Å². The highest BCUT2D eigenvalue weighted by atomic mass is 16.4. The van der Waals surface area contributed by atoms with E-state index in [0.29, 0.717) is 17.0 Å². The van der Waals surface area contributed by atoms with Gasteiger partial charge in [0, 0.05) is 30.4 Å². The predicted molar refractivity (Wildman–Crippen MR) is 71.3 cm³/mol. The van der Waals surface area contributed by atoms with Crippen molar-refractivity contribution in [1.29, 1.82) is 0 Å². The van der Waals surface area contributed by atoms with Gasteiger partial charge in [-0.15, -0.1) is 5.10 Å². The second-order valence-electron chi connectivity index (χ2n) is 4.19. The van der Waals surface area contributed by atoms with Crippen LogP contribution in [-0.2, 0) is 6.54 Å². The Kier molecular flexibility index (Phi) is 3.34. The maximum absolute atomic E-state index is 11.3. The summed E-state index contributed by atoms with van der Waals surface area (Å²) in [6, 6.07) is 3.48. The first-order chi connectivity index (χ1) is 10.3. The van der Waals surface area contributed by atoms with Gasteiger partial charge in [0.05, 0.1) is 18.4 Å². The van der Waals surface area contributed by atoms with Gasteiger partial charge in [0.1, 0.15) is 5.69 Å². The highest BCUT2D eigenvalue weighted by molar-refractivity contribution is 5.92. The molecule has 104 valence electrons. The van der Waals surface area contributed by atoms with Crippen LogP contribution in [0.25, 0.3) is 11.3 Å². The molecule has 8 heteroatoms. The van der Waals surface area contributed by atoms with Crippen molar-refractivity contribution in [2.24, 2.45) is 0 Å². The summed E-state index contributed by atoms with van der Waals surface area (Å²) in [5.41, 5.74) is 1.56. The van der Waals surface area contributed by atoms with E-state index in [9.17, 15) is 9.90 Å². The average Bonchev–Trinajstić information content (AvgIpc) is 2.93. The quantitative estimate of drug-likeness (QED) is 0.756. The monoisotopic (exact) mass is 282 g/mol. The van der Waals surface area contributed by atoms with E-state index >= 15 is 0 Å². The number of nitrogens with zero attached hydrogens (tertiary/aromatic N) is 6. The zero-order valence-corrected chi connectivity index (χ0v) is 10.8. The van der Waals surface area contributed by atoms with Gasteiger partial charge in [-0.1, -0.05) is 5.21 Å². The van der Waals surface area contributed by atoms with E-state index < -0.39 is 5.97 Å². The Hall–Kier alpha value is -3.16. The Morgan fingerprint density at radius 1 is 1.19 bits per heavy atom. The molecule has 0 fully saturated rings. The number of hydrogen-bond acceptors (Lipinski definition) is 6. The SMILES string of the molecule is O=C(O)c1nnn(Cc2cnccn2)c1-c1cccnc1. The van der Waals surface area contributed by atoms with Crippen LogP contribution < -0.4 is 0 Å². The summed E-state index contributed by atoms with van der Waals surface area (Å²) >= 11 is 0. The molecule has 0 bridgehead atoms. The van der Waals surface area contributed by atoms with Gasteiger partial charge < -0.3 is 5.11 Å². The van der Waals surface area contributed by atoms with E-state index in [1.54, 1.807) is 43.1 Å². The van der Waals surface area contributed by atoms with Gasteiger partial charge in [-0.3, -0.25) is 15.0 Å². The number of aromatic nitrogens is 6. The van der Waals surface area contributed by atoms with Gasteiger partial charge in [-0.25, -0.2) is 9.48 Å². The maximum atomic E-state index is 11.3. The van der Waals surface area contributed by atoms with Crippen LogP contribution in [0.2, 0.25) is 0 Å². The van der Waals surface area contributed by atoms with E-state index in [1.165, 1.54) is 4.68 Å². The molecule has 21 heavy (non-hydrogen) atoms. The van der Waals surface area contributed by atoms with Gasteiger partial charge in [-0.2, -0.15) is 0 Å². The summed E-state index contributed by atoms with van der Waals surface area (Å²) in [5.74, 6) is -1.14. The summed E-state index contributed by atoms with van der Waals surface area (Å²) in [6.07, 6.45) is 7.90. The van der Waals surface area contributed by atoms with Crippen LogP contribution in [0.5, 0.6) is 0 Å². The molecule has 3 aromatic rings. The molecule has 0 aromatic carbocycles. The predicted octanol–water partition coefficient (Wildman–Crippen LogP) is 0.877. The van der Waals surface area contributed by atoms with Crippen molar-refractivity contribution in [3.05, 3.63) is 54.5 Å². The highest BCUT2D eigenvalue weighted by Gasteiger charge is 2.21. The summed E-state index contributed by atoms with van der Waals surface area (Å²) in [6.45, 7) is 0.276. The minimum Gasteiger partial charge on any atom is -0.476 e. The number of rotatable bonds is 4. The Morgan fingerprint density at radius 3 is 2.71 bits per heavy atom. The average molecular weight is 282 g/mol. The van der Waals surface area contributed by atoms with Crippen LogP contribution in [0, 0.1) is 0 Å². The molecule has 0 spiro atoms. The van der Waals surface area contributed by atoms with Gasteiger partial charge in [0.25, 0.3) is 0 Å². The second-order valence-corrected chi connectivity index (χ2v) is 4.19. The van der Waals surface area contributed by atoms with Crippen LogP contribution in [0.1, 0.15) is 16.2 Å². The van der Waals surface area contributed by atoms with Crippen molar-refractivity contribution in [3.8, 4) is 11.3 Å². The van der Waals surface area contributed by atoms with E-state index in [2.05, 4.69) is 25.3 Å². The standard InChI is InChI=1S/C13H10N6O2/c20-13(21)11-12(9-2-1-3-14-6-9)19(18-17-11)8-10-7-15-4-5-16-10/h1-7H,8H2,(H,20,21). The van der Waals surface area contributed by atoms with Crippen molar-refractivity contribution < 1.29 is 9.90 Å². The number of hydrogen-bond donors (Lipinski definition) is 1. The molecule has 0 unspecified atom stereocenters. The summed E-state index contributed by atoms with van der Waals surface area (Å²) in [7, 11) is 0. The minimum atomic E-state index is -1.14. The van der Waals surface area contributed by atoms with E-state index in [0.717, 1.165) is 0 Å². The lowest BCUT2D eigenvalue weighted by Crippen LogP contribution is -2.07. The van der Waals surface area contributed by atoms with Gasteiger partial charge >= 0.3 is 5.97 Å². The molecular formula is C13H10N6O2. The summed E-state index contributed by atoms with van der Waals surface area (Å²) in [4.78, 5) is 23.4. The zero-order chi connectivity index (χ0) is 14.7. The molecule has 3 rings (SSSR count). The molecule has 3 aromatic heterocycles. The molecule has 0 saturated heterocycles. The van der Waals surface area contributed by atoms with Crippen LogP contribution in [0.3, 0.4) is 0 Å². The largest absolute Gasteiger partial charge is 0.476 e. The molecule has 0 amide bonds. The molecule has 0 atom stereocenters. The zero-order valence-electron chi connectivity index (χ0n) is 10.8. The Bertz CT molecular complexity index is 757. The lowest BCUT2D eigenvalue weighted by Gasteiger charge is -2.06. The van der Waals surface area contributed by atoms with Crippen molar-refractivity contribution in [3.63, 3.8) is 0 Å². The molecule has 0 aliphatic heterocycles. The van der Waals surface area contributed by atoms with Gasteiger partial charge in [0.15, 0.2) is 5.69 Å². The van der Waals surface area contributed by atoms with Crippen LogP contribution in [0.15, 0.2) is 43.1 Å². The number of aromatic carboxylic acids is 1. The Labute approximate surface area is 119 Å². The van der Waals surface area contributed by atoms with Crippen molar-refractivity contribution in [2.45, 2.75) is 6.54 Å². The van der Waals surface area contributed by atoms with Crippen molar-refractivity contribution in [1.82, 2.24) is 29.9 Å². The topological polar surface area (TPSA) is 107 Å².